The van der Waals surface area contributed by atoms with Gasteiger partial charge in [0, 0.05) is 20.2 Å². The van der Waals surface area contributed by atoms with Crippen LogP contribution in [0.25, 0.3) is 10.6 Å². The summed E-state index contributed by atoms with van der Waals surface area (Å²) in [4.78, 5) is 17.3. The summed E-state index contributed by atoms with van der Waals surface area (Å²) >= 11 is 7.12. The standard InChI is InChI=1S/C21H24ClFN6O3S/c1-29-18(14-7-6-12(24)15(31-2)9-32-14)13(8-26-29)27-20(30)17-19(25)33-21(28-17)16-10(22)4-3-5-11(16)23/h3-5,8,12,14-15H,6-7,9,24-25H2,1-2H3,(H,27,30). The first-order valence-electron chi connectivity index (χ1n) is 10.2. The first kappa shape index (κ1) is 23.6. The second-order valence-electron chi connectivity index (χ2n) is 7.69. The number of benzene rings is 1. The smallest absolute Gasteiger partial charge is 0.277 e. The highest BCUT2D eigenvalue weighted by Crippen LogP contribution is 2.37. The number of nitrogens with one attached hydrogen (secondary N) is 1. The van der Waals surface area contributed by atoms with Crippen LogP contribution in [0.4, 0.5) is 15.1 Å². The summed E-state index contributed by atoms with van der Waals surface area (Å²) in [7, 11) is 3.37. The molecule has 0 aliphatic carbocycles. The number of anilines is 2. The van der Waals surface area contributed by atoms with Gasteiger partial charge in [0.15, 0.2) is 5.69 Å². The van der Waals surface area contributed by atoms with Gasteiger partial charge in [-0.3, -0.25) is 9.48 Å². The number of ether oxygens (including phenoxy) is 2. The molecule has 2 aromatic heterocycles. The van der Waals surface area contributed by atoms with Crippen LogP contribution in [0, 0.1) is 5.82 Å². The van der Waals surface area contributed by atoms with E-state index in [4.69, 9.17) is 32.5 Å². The van der Waals surface area contributed by atoms with Crippen LogP contribution in [0.3, 0.4) is 0 Å². The molecule has 1 amide bonds. The van der Waals surface area contributed by atoms with E-state index >= 15 is 0 Å². The summed E-state index contributed by atoms with van der Waals surface area (Å²) in [5.74, 6) is -1.09. The molecule has 0 bridgehead atoms. The van der Waals surface area contributed by atoms with Gasteiger partial charge in [-0.1, -0.05) is 29.0 Å². The van der Waals surface area contributed by atoms with Crippen molar-refractivity contribution in [3.05, 3.63) is 46.6 Å². The lowest BCUT2D eigenvalue weighted by Crippen LogP contribution is -2.37. The Morgan fingerprint density at radius 1 is 1.42 bits per heavy atom. The highest BCUT2D eigenvalue weighted by molar-refractivity contribution is 7.19. The summed E-state index contributed by atoms with van der Waals surface area (Å²) < 4.78 is 27.4. The van der Waals surface area contributed by atoms with E-state index in [0.29, 0.717) is 30.8 Å². The SMILES string of the molecule is COC1COC(c2c(NC(=O)c3nc(-c4c(F)cccc4Cl)sc3N)cnn2C)CCC1N. The number of nitrogens with zero attached hydrogens (tertiary/aromatic N) is 3. The van der Waals surface area contributed by atoms with Crippen LogP contribution < -0.4 is 16.8 Å². The van der Waals surface area contributed by atoms with E-state index in [0.717, 1.165) is 11.3 Å². The third-order valence-corrected chi connectivity index (χ3v) is 6.80. The highest BCUT2D eigenvalue weighted by Gasteiger charge is 2.30. The zero-order valence-corrected chi connectivity index (χ0v) is 19.6. The van der Waals surface area contributed by atoms with Crippen molar-refractivity contribution in [3.8, 4) is 10.6 Å². The molecule has 176 valence electrons. The number of carbonyl (C=O) groups is 1. The molecule has 3 unspecified atom stereocenters. The molecule has 12 heteroatoms. The number of amides is 1. The molecule has 33 heavy (non-hydrogen) atoms. The van der Waals surface area contributed by atoms with Gasteiger partial charge in [-0.15, -0.1) is 0 Å². The largest absolute Gasteiger partial charge is 0.389 e. The highest BCUT2D eigenvalue weighted by atomic mass is 35.5. The van der Waals surface area contributed by atoms with Crippen LogP contribution in [0.15, 0.2) is 24.4 Å². The van der Waals surface area contributed by atoms with E-state index in [1.807, 2.05) is 0 Å². The number of carbonyl (C=O) groups excluding carboxylic acids is 1. The molecule has 1 aliphatic rings. The Balaban J connectivity index is 1.58. The molecule has 1 aliphatic heterocycles. The number of rotatable bonds is 5. The Morgan fingerprint density at radius 2 is 2.21 bits per heavy atom. The van der Waals surface area contributed by atoms with Gasteiger partial charge in [0.2, 0.25) is 0 Å². The Bertz CT molecular complexity index is 1150. The minimum absolute atomic E-state index is 0.0209. The van der Waals surface area contributed by atoms with Gasteiger partial charge in [0.25, 0.3) is 5.91 Å². The zero-order chi connectivity index (χ0) is 23.7. The molecule has 1 aromatic carbocycles. The van der Waals surface area contributed by atoms with Crippen LogP contribution in [0.2, 0.25) is 5.02 Å². The maximum Gasteiger partial charge on any atom is 0.277 e. The van der Waals surface area contributed by atoms with Gasteiger partial charge in [-0.05, 0) is 25.0 Å². The van der Waals surface area contributed by atoms with E-state index in [1.165, 1.54) is 18.3 Å². The molecule has 4 rings (SSSR count). The first-order chi connectivity index (χ1) is 15.8. The number of methoxy groups -OCH3 is 1. The van der Waals surface area contributed by atoms with Gasteiger partial charge >= 0.3 is 0 Å². The van der Waals surface area contributed by atoms with Crippen LogP contribution in [-0.2, 0) is 16.5 Å². The van der Waals surface area contributed by atoms with Crippen molar-refractivity contribution in [2.24, 2.45) is 12.8 Å². The van der Waals surface area contributed by atoms with Crippen molar-refractivity contribution >= 4 is 39.5 Å². The predicted molar refractivity (Wildman–Crippen MR) is 125 cm³/mol. The van der Waals surface area contributed by atoms with Crippen molar-refractivity contribution in [1.82, 2.24) is 14.8 Å². The summed E-state index contributed by atoms with van der Waals surface area (Å²) in [6.45, 7) is 0.326. The number of thiazole rings is 1. The Hall–Kier alpha value is -2.57. The minimum atomic E-state index is -0.546. The molecule has 1 saturated heterocycles. The maximum absolute atomic E-state index is 14.3. The molecule has 0 spiro atoms. The number of aryl methyl sites for hydroxylation is 1. The summed E-state index contributed by atoms with van der Waals surface area (Å²) in [5, 5.41) is 7.63. The molecule has 1 fully saturated rings. The summed E-state index contributed by atoms with van der Waals surface area (Å²) in [6, 6.07) is 4.16. The predicted octanol–water partition coefficient (Wildman–Crippen LogP) is 3.36. The van der Waals surface area contributed by atoms with Crippen LogP contribution in [0.1, 0.15) is 35.1 Å². The van der Waals surface area contributed by atoms with E-state index in [9.17, 15) is 9.18 Å². The molecule has 0 radical (unpaired) electrons. The average molecular weight is 495 g/mol. The average Bonchev–Trinajstić information content (AvgIpc) is 3.26. The second kappa shape index (κ2) is 9.74. The number of nitrogen functional groups attached to an aromatic ring is 1. The van der Waals surface area contributed by atoms with Gasteiger partial charge < -0.3 is 26.3 Å². The third-order valence-electron chi connectivity index (χ3n) is 5.59. The monoisotopic (exact) mass is 494 g/mol. The van der Waals surface area contributed by atoms with Crippen molar-refractivity contribution in [2.45, 2.75) is 31.1 Å². The molecule has 3 aromatic rings. The molecular formula is C21H24ClFN6O3S. The number of hydrogen-bond acceptors (Lipinski definition) is 8. The van der Waals surface area contributed by atoms with Crippen LogP contribution in [0.5, 0.6) is 0 Å². The van der Waals surface area contributed by atoms with E-state index in [1.54, 1.807) is 24.9 Å². The summed E-state index contributed by atoms with van der Waals surface area (Å²) in [6.07, 6.45) is 2.32. The van der Waals surface area contributed by atoms with Crippen molar-refractivity contribution < 1.29 is 18.7 Å². The zero-order valence-electron chi connectivity index (χ0n) is 18.0. The van der Waals surface area contributed by atoms with Crippen LogP contribution >= 0.6 is 22.9 Å². The summed E-state index contributed by atoms with van der Waals surface area (Å²) in [5.41, 5.74) is 13.5. The fourth-order valence-electron chi connectivity index (χ4n) is 3.82. The van der Waals surface area contributed by atoms with E-state index in [2.05, 4.69) is 15.4 Å². The third kappa shape index (κ3) is 4.73. The normalized spacial score (nSPS) is 21.1. The van der Waals surface area contributed by atoms with Crippen molar-refractivity contribution in [2.75, 3.05) is 24.8 Å². The lowest BCUT2D eigenvalue weighted by Gasteiger charge is -2.19. The fourth-order valence-corrected chi connectivity index (χ4v) is 5.01. The van der Waals surface area contributed by atoms with Crippen LogP contribution in [-0.4, -0.2) is 46.5 Å². The lowest BCUT2D eigenvalue weighted by atomic mass is 10.0. The van der Waals surface area contributed by atoms with Gasteiger partial charge in [0.05, 0.1) is 40.9 Å². The molecule has 3 atom stereocenters. The Labute approximate surface area is 198 Å². The molecule has 5 N–H and O–H groups in total. The lowest BCUT2D eigenvalue weighted by molar-refractivity contribution is -0.0211. The Morgan fingerprint density at radius 3 is 2.94 bits per heavy atom. The number of aromatic nitrogens is 3. The molecular weight excluding hydrogens is 471 g/mol. The van der Waals surface area contributed by atoms with E-state index < -0.39 is 11.7 Å². The van der Waals surface area contributed by atoms with Gasteiger partial charge in [0.1, 0.15) is 21.9 Å². The quantitative estimate of drug-likeness (QED) is 0.495. The first-order valence-corrected chi connectivity index (χ1v) is 11.4. The van der Waals surface area contributed by atoms with Crippen molar-refractivity contribution in [3.63, 3.8) is 0 Å². The molecule has 0 saturated carbocycles. The van der Waals surface area contributed by atoms with Gasteiger partial charge in [-0.25, -0.2) is 9.37 Å². The number of hydrogen-bond donors (Lipinski definition) is 3. The Kier molecular flexibility index (Phi) is 6.96. The number of nitrogens with two attached hydrogens (primary N) is 2. The van der Waals surface area contributed by atoms with Gasteiger partial charge in [-0.2, -0.15) is 5.10 Å². The maximum atomic E-state index is 14.3. The second-order valence-corrected chi connectivity index (χ2v) is 9.12. The molecule has 9 nitrogen and oxygen atoms in total. The molecule has 3 heterocycles. The van der Waals surface area contributed by atoms with Crippen molar-refractivity contribution in [1.29, 1.82) is 0 Å². The topological polar surface area (TPSA) is 130 Å². The minimum Gasteiger partial charge on any atom is -0.389 e. The fraction of sp³-hybridized carbons (Fsp3) is 0.381. The number of halogens is 2. The van der Waals surface area contributed by atoms with E-state index in [-0.39, 0.29) is 44.5 Å².